The number of aryl methyl sites for hydroxylation is 1. The molecule has 0 bridgehead atoms. The van der Waals surface area contributed by atoms with Gasteiger partial charge in [0.2, 0.25) is 0 Å². The molecule has 1 saturated heterocycles. The Kier molecular flexibility index (Phi) is 5.51. The van der Waals surface area contributed by atoms with E-state index in [9.17, 15) is 24.8 Å². The van der Waals surface area contributed by atoms with Crippen LogP contribution in [0.5, 0.6) is 0 Å². The maximum Gasteiger partial charge on any atom is 0.295 e. The number of Topliss-reactive ketones (excluding diaryl/α,β-unsaturated/α-hetero) is 1. The largest absolute Gasteiger partial charge is 0.507 e. The number of benzene rings is 2. The first-order valence-electron chi connectivity index (χ1n) is 9.86. The topological polar surface area (TPSA) is 114 Å². The molecule has 8 heteroatoms. The molecule has 1 atom stereocenters. The molecule has 4 rings (SSSR count). The van der Waals surface area contributed by atoms with Crippen molar-refractivity contribution in [3.8, 4) is 0 Å². The van der Waals surface area contributed by atoms with Crippen LogP contribution in [-0.4, -0.2) is 31.6 Å². The summed E-state index contributed by atoms with van der Waals surface area (Å²) in [7, 11) is 0. The van der Waals surface area contributed by atoms with Crippen molar-refractivity contribution in [2.24, 2.45) is 0 Å². The van der Waals surface area contributed by atoms with Crippen molar-refractivity contribution in [2.75, 3.05) is 0 Å². The molecular formula is C24H19N3O5. The molecule has 160 valence electrons. The first-order valence-corrected chi connectivity index (χ1v) is 9.86. The van der Waals surface area contributed by atoms with Crippen molar-refractivity contribution in [3.05, 3.63) is 111 Å². The molecule has 1 aromatic heterocycles. The summed E-state index contributed by atoms with van der Waals surface area (Å²) in [5.74, 6) is -2.11. The zero-order valence-electron chi connectivity index (χ0n) is 17.1. The van der Waals surface area contributed by atoms with E-state index in [0.29, 0.717) is 11.1 Å². The molecule has 8 nitrogen and oxygen atoms in total. The first kappa shape index (κ1) is 20.9. The Morgan fingerprint density at radius 1 is 1.09 bits per heavy atom. The SMILES string of the molecule is Cc1ccc(/C(O)=C2/C(=O)C(=O)N(Cc3cccnc3)C2c2ccccc2[N+](=O)[O-])cc1. The molecule has 1 amide bonds. The van der Waals surface area contributed by atoms with Gasteiger partial charge in [0.05, 0.1) is 22.1 Å². The third-order valence-electron chi connectivity index (χ3n) is 5.37. The number of ketones is 1. The van der Waals surface area contributed by atoms with Crippen molar-refractivity contribution in [2.45, 2.75) is 19.5 Å². The molecule has 1 aliphatic heterocycles. The monoisotopic (exact) mass is 429 g/mol. The number of para-hydroxylation sites is 1. The number of carbonyl (C=O) groups excluding carboxylic acids is 2. The average molecular weight is 429 g/mol. The van der Waals surface area contributed by atoms with Crippen LogP contribution in [0, 0.1) is 17.0 Å². The fourth-order valence-electron chi connectivity index (χ4n) is 3.81. The number of aliphatic hydroxyl groups excluding tert-OH is 1. The van der Waals surface area contributed by atoms with E-state index in [4.69, 9.17) is 0 Å². The number of carbonyl (C=O) groups is 2. The molecule has 0 radical (unpaired) electrons. The number of likely N-dealkylation sites (tertiary alicyclic amines) is 1. The van der Waals surface area contributed by atoms with E-state index < -0.39 is 22.7 Å². The lowest BCUT2D eigenvalue weighted by Crippen LogP contribution is -2.29. The molecule has 1 unspecified atom stereocenters. The number of nitro benzene ring substituents is 1. The van der Waals surface area contributed by atoms with Gasteiger partial charge in [-0.15, -0.1) is 0 Å². The van der Waals surface area contributed by atoms with Gasteiger partial charge in [0.25, 0.3) is 17.4 Å². The van der Waals surface area contributed by atoms with Crippen molar-refractivity contribution < 1.29 is 19.6 Å². The van der Waals surface area contributed by atoms with Crippen LogP contribution in [0.3, 0.4) is 0 Å². The Bertz CT molecular complexity index is 1240. The van der Waals surface area contributed by atoms with Crippen LogP contribution in [-0.2, 0) is 16.1 Å². The third kappa shape index (κ3) is 3.74. The van der Waals surface area contributed by atoms with Gasteiger partial charge >= 0.3 is 0 Å². The number of rotatable bonds is 5. The second-order valence-electron chi connectivity index (χ2n) is 7.47. The Morgan fingerprint density at radius 3 is 2.47 bits per heavy atom. The van der Waals surface area contributed by atoms with Gasteiger partial charge in [-0.2, -0.15) is 0 Å². The number of aliphatic hydroxyl groups is 1. The molecule has 2 aromatic carbocycles. The van der Waals surface area contributed by atoms with Crippen LogP contribution in [0.2, 0.25) is 0 Å². The lowest BCUT2D eigenvalue weighted by Gasteiger charge is -2.25. The normalized spacial score (nSPS) is 17.5. The Hall–Kier alpha value is -4.33. The summed E-state index contributed by atoms with van der Waals surface area (Å²) in [6, 6.07) is 15.0. The summed E-state index contributed by atoms with van der Waals surface area (Å²) < 4.78 is 0. The number of hydrogen-bond acceptors (Lipinski definition) is 6. The van der Waals surface area contributed by atoms with Crippen LogP contribution in [0.25, 0.3) is 5.76 Å². The summed E-state index contributed by atoms with van der Waals surface area (Å²) >= 11 is 0. The van der Waals surface area contributed by atoms with E-state index in [1.54, 1.807) is 54.9 Å². The van der Waals surface area contributed by atoms with Gasteiger partial charge in [0.15, 0.2) is 0 Å². The standard InChI is InChI=1S/C24H19N3O5/c1-15-8-10-17(11-9-15)22(28)20-21(18-6-2-3-7-19(18)27(31)32)26(24(30)23(20)29)14-16-5-4-12-25-13-16/h2-13,21,28H,14H2,1H3/b22-20-. The third-order valence-corrected chi connectivity index (χ3v) is 5.37. The Balaban J connectivity index is 1.93. The molecule has 1 N–H and O–H groups in total. The second-order valence-corrected chi connectivity index (χ2v) is 7.47. The summed E-state index contributed by atoms with van der Waals surface area (Å²) in [5, 5.41) is 22.8. The molecule has 32 heavy (non-hydrogen) atoms. The van der Waals surface area contributed by atoms with Gasteiger partial charge in [-0.05, 0) is 24.6 Å². The van der Waals surface area contributed by atoms with Gasteiger partial charge < -0.3 is 10.0 Å². The Morgan fingerprint density at radius 2 is 1.81 bits per heavy atom. The molecular weight excluding hydrogens is 410 g/mol. The molecule has 0 spiro atoms. The lowest BCUT2D eigenvalue weighted by atomic mass is 9.94. The highest BCUT2D eigenvalue weighted by molar-refractivity contribution is 6.46. The average Bonchev–Trinajstić information content (AvgIpc) is 3.04. The number of nitro groups is 1. The van der Waals surface area contributed by atoms with E-state index in [0.717, 1.165) is 5.56 Å². The highest BCUT2D eigenvalue weighted by Crippen LogP contribution is 2.43. The van der Waals surface area contributed by atoms with Crippen molar-refractivity contribution >= 4 is 23.1 Å². The molecule has 3 aromatic rings. The van der Waals surface area contributed by atoms with Gasteiger partial charge in [-0.25, -0.2) is 0 Å². The molecule has 1 aliphatic rings. The molecule has 1 fully saturated rings. The van der Waals surface area contributed by atoms with Gasteiger partial charge in [0.1, 0.15) is 5.76 Å². The van der Waals surface area contributed by atoms with Crippen LogP contribution >= 0.6 is 0 Å². The van der Waals surface area contributed by atoms with E-state index in [1.165, 1.54) is 23.1 Å². The van der Waals surface area contributed by atoms with Crippen LogP contribution in [0.15, 0.2) is 78.6 Å². The summed E-state index contributed by atoms with van der Waals surface area (Å²) in [6.07, 6.45) is 3.13. The molecule has 2 heterocycles. The zero-order chi connectivity index (χ0) is 22.8. The number of aromatic nitrogens is 1. The quantitative estimate of drug-likeness (QED) is 0.216. The maximum absolute atomic E-state index is 13.1. The summed E-state index contributed by atoms with van der Waals surface area (Å²) in [6.45, 7) is 1.88. The first-order chi connectivity index (χ1) is 15.4. The predicted octanol–water partition coefficient (Wildman–Crippen LogP) is 3.92. The second kappa shape index (κ2) is 8.43. The fraction of sp³-hybridized carbons (Fsp3) is 0.125. The van der Waals surface area contributed by atoms with E-state index in [1.807, 2.05) is 6.92 Å². The summed E-state index contributed by atoms with van der Waals surface area (Å²) in [4.78, 5) is 42.5. The highest BCUT2D eigenvalue weighted by atomic mass is 16.6. The van der Waals surface area contributed by atoms with Crippen LogP contribution < -0.4 is 0 Å². The van der Waals surface area contributed by atoms with Crippen LogP contribution in [0.4, 0.5) is 5.69 Å². The highest BCUT2D eigenvalue weighted by Gasteiger charge is 2.48. The van der Waals surface area contributed by atoms with Gasteiger partial charge in [-0.1, -0.05) is 48.0 Å². The number of amides is 1. The van der Waals surface area contributed by atoms with Crippen molar-refractivity contribution in [1.29, 1.82) is 0 Å². The van der Waals surface area contributed by atoms with E-state index >= 15 is 0 Å². The van der Waals surface area contributed by atoms with Gasteiger partial charge in [-0.3, -0.25) is 24.7 Å². The smallest absolute Gasteiger partial charge is 0.295 e. The van der Waals surface area contributed by atoms with Crippen LogP contribution in [0.1, 0.15) is 28.3 Å². The van der Waals surface area contributed by atoms with Gasteiger partial charge in [0, 0.05) is 30.6 Å². The Labute approximate surface area is 183 Å². The number of hydrogen-bond donors (Lipinski definition) is 1. The van der Waals surface area contributed by atoms with Crippen molar-refractivity contribution in [3.63, 3.8) is 0 Å². The molecule has 0 saturated carbocycles. The maximum atomic E-state index is 13.1. The van der Waals surface area contributed by atoms with E-state index in [-0.39, 0.29) is 29.1 Å². The van der Waals surface area contributed by atoms with Crippen molar-refractivity contribution in [1.82, 2.24) is 9.88 Å². The minimum atomic E-state index is -1.13. The van der Waals surface area contributed by atoms with E-state index in [2.05, 4.69) is 4.98 Å². The minimum absolute atomic E-state index is 0.000192. The zero-order valence-corrected chi connectivity index (χ0v) is 17.1. The minimum Gasteiger partial charge on any atom is -0.507 e. The summed E-state index contributed by atoms with van der Waals surface area (Å²) in [5.41, 5.74) is 1.66. The number of pyridine rings is 1. The number of nitrogens with zero attached hydrogens (tertiary/aromatic N) is 3. The fourth-order valence-corrected chi connectivity index (χ4v) is 3.81. The lowest BCUT2D eigenvalue weighted by molar-refractivity contribution is -0.385. The molecule has 0 aliphatic carbocycles. The predicted molar refractivity (Wildman–Crippen MR) is 116 cm³/mol.